The van der Waals surface area contributed by atoms with E-state index >= 15 is 0 Å². The molecular formula is C19H25N3O2S. The van der Waals surface area contributed by atoms with Crippen molar-refractivity contribution in [2.45, 2.75) is 56.7 Å². The summed E-state index contributed by atoms with van der Waals surface area (Å²) in [4.78, 5) is 14.3. The molecule has 0 aliphatic heterocycles. The van der Waals surface area contributed by atoms with Gasteiger partial charge in [-0.2, -0.15) is 0 Å². The van der Waals surface area contributed by atoms with Crippen LogP contribution in [0.5, 0.6) is 0 Å². The molecule has 1 saturated carbocycles. The lowest BCUT2D eigenvalue weighted by Crippen LogP contribution is -2.31. The molecule has 5 nitrogen and oxygen atoms in total. The highest BCUT2D eigenvalue weighted by Crippen LogP contribution is 2.32. The Bertz CT molecular complexity index is 668. The lowest BCUT2D eigenvalue weighted by molar-refractivity contribution is -0.128. The summed E-state index contributed by atoms with van der Waals surface area (Å²) in [6.07, 6.45) is 6.03. The summed E-state index contributed by atoms with van der Waals surface area (Å²) in [5.74, 6) is 1.56. The zero-order chi connectivity index (χ0) is 17.5. The van der Waals surface area contributed by atoms with E-state index in [0.717, 1.165) is 24.3 Å². The molecule has 1 aliphatic carbocycles. The van der Waals surface area contributed by atoms with Gasteiger partial charge in [0, 0.05) is 19.0 Å². The van der Waals surface area contributed by atoms with Gasteiger partial charge in [-0.1, -0.05) is 61.4 Å². The molecule has 1 heterocycles. The molecule has 1 aromatic carbocycles. The van der Waals surface area contributed by atoms with Crippen molar-refractivity contribution in [3.05, 3.63) is 41.8 Å². The van der Waals surface area contributed by atoms with Crippen molar-refractivity contribution in [1.82, 2.24) is 15.1 Å². The fourth-order valence-corrected chi connectivity index (χ4v) is 3.86. The van der Waals surface area contributed by atoms with Crippen LogP contribution in [0.1, 0.15) is 56.4 Å². The Morgan fingerprint density at radius 3 is 2.68 bits per heavy atom. The van der Waals surface area contributed by atoms with Crippen molar-refractivity contribution in [3.8, 4) is 0 Å². The first-order valence-corrected chi connectivity index (χ1v) is 10.0. The molecule has 1 aliphatic rings. The van der Waals surface area contributed by atoms with Gasteiger partial charge >= 0.3 is 0 Å². The summed E-state index contributed by atoms with van der Waals surface area (Å²) in [6, 6.07) is 10.0. The molecule has 0 radical (unpaired) electrons. The third-order valence-corrected chi connectivity index (χ3v) is 5.45. The smallest absolute Gasteiger partial charge is 0.277 e. The van der Waals surface area contributed by atoms with Crippen molar-refractivity contribution in [3.63, 3.8) is 0 Å². The molecule has 0 saturated heterocycles. The van der Waals surface area contributed by atoms with Crippen LogP contribution >= 0.6 is 11.8 Å². The third-order valence-electron chi connectivity index (χ3n) is 4.65. The molecule has 25 heavy (non-hydrogen) atoms. The first-order chi connectivity index (χ1) is 12.3. The summed E-state index contributed by atoms with van der Waals surface area (Å²) >= 11 is 1.34. The SMILES string of the molecule is CCN(Cc1ccccc1)C(=O)CSc1nnc(C2CCCCC2)o1. The molecule has 1 amide bonds. The lowest BCUT2D eigenvalue weighted by Gasteiger charge is -2.20. The molecule has 1 aromatic heterocycles. The molecule has 0 spiro atoms. The molecule has 1 fully saturated rings. The van der Waals surface area contributed by atoms with E-state index in [1.54, 1.807) is 0 Å². The van der Waals surface area contributed by atoms with Crippen LogP contribution in [0.15, 0.2) is 40.0 Å². The minimum Gasteiger partial charge on any atom is -0.416 e. The number of aromatic nitrogens is 2. The molecule has 0 N–H and O–H groups in total. The van der Waals surface area contributed by atoms with Crippen LogP contribution in [0.3, 0.4) is 0 Å². The van der Waals surface area contributed by atoms with Gasteiger partial charge in [-0.05, 0) is 25.3 Å². The first kappa shape index (κ1) is 18.0. The van der Waals surface area contributed by atoms with Gasteiger partial charge in [0.2, 0.25) is 11.8 Å². The average Bonchev–Trinajstić information content (AvgIpc) is 3.15. The molecular weight excluding hydrogens is 334 g/mol. The largest absolute Gasteiger partial charge is 0.416 e. The number of rotatable bonds is 7. The number of hydrogen-bond donors (Lipinski definition) is 0. The topological polar surface area (TPSA) is 59.2 Å². The maximum absolute atomic E-state index is 12.5. The predicted molar refractivity (Wildman–Crippen MR) is 98.4 cm³/mol. The quantitative estimate of drug-likeness (QED) is 0.691. The minimum atomic E-state index is 0.0915. The molecule has 3 rings (SSSR count). The third kappa shape index (κ3) is 5.08. The van der Waals surface area contributed by atoms with Crippen molar-refractivity contribution in [2.75, 3.05) is 12.3 Å². The maximum Gasteiger partial charge on any atom is 0.277 e. The van der Waals surface area contributed by atoms with Crippen LogP contribution in [0.4, 0.5) is 0 Å². The monoisotopic (exact) mass is 359 g/mol. The number of carbonyl (C=O) groups excluding carboxylic acids is 1. The van der Waals surface area contributed by atoms with Crippen LogP contribution in [0.2, 0.25) is 0 Å². The Labute approximate surface area is 153 Å². The zero-order valence-corrected chi connectivity index (χ0v) is 15.5. The Hall–Kier alpha value is -1.82. The van der Waals surface area contributed by atoms with E-state index in [2.05, 4.69) is 10.2 Å². The molecule has 0 bridgehead atoms. The number of hydrogen-bond acceptors (Lipinski definition) is 5. The van der Waals surface area contributed by atoms with Crippen LogP contribution in [-0.2, 0) is 11.3 Å². The Balaban J connectivity index is 1.51. The molecule has 0 atom stereocenters. The summed E-state index contributed by atoms with van der Waals surface area (Å²) in [5.41, 5.74) is 1.14. The molecule has 0 unspecified atom stereocenters. The minimum absolute atomic E-state index is 0.0915. The van der Waals surface area contributed by atoms with Crippen molar-refractivity contribution in [2.24, 2.45) is 0 Å². The van der Waals surface area contributed by atoms with E-state index in [0.29, 0.717) is 30.0 Å². The van der Waals surface area contributed by atoms with Gasteiger partial charge in [-0.3, -0.25) is 4.79 Å². The van der Waals surface area contributed by atoms with E-state index in [9.17, 15) is 4.79 Å². The van der Waals surface area contributed by atoms with Gasteiger partial charge < -0.3 is 9.32 Å². The number of nitrogens with zero attached hydrogens (tertiary/aromatic N) is 3. The normalized spacial score (nSPS) is 15.2. The molecule has 2 aromatic rings. The van der Waals surface area contributed by atoms with Gasteiger partial charge in [0.1, 0.15) is 0 Å². The summed E-state index contributed by atoms with van der Waals surface area (Å²) in [5, 5.41) is 8.80. The van der Waals surface area contributed by atoms with E-state index in [-0.39, 0.29) is 5.91 Å². The first-order valence-electron chi connectivity index (χ1n) is 9.04. The maximum atomic E-state index is 12.5. The van der Waals surface area contributed by atoms with Crippen molar-refractivity contribution >= 4 is 17.7 Å². The van der Waals surface area contributed by atoms with Gasteiger partial charge in [0.05, 0.1) is 5.75 Å². The van der Waals surface area contributed by atoms with E-state index < -0.39 is 0 Å². The van der Waals surface area contributed by atoms with Gasteiger partial charge in [-0.15, -0.1) is 10.2 Å². The Morgan fingerprint density at radius 2 is 1.96 bits per heavy atom. The van der Waals surface area contributed by atoms with Crippen molar-refractivity contribution in [1.29, 1.82) is 0 Å². The molecule has 134 valence electrons. The molecule has 6 heteroatoms. The summed E-state index contributed by atoms with van der Waals surface area (Å²) < 4.78 is 5.78. The summed E-state index contributed by atoms with van der Waals surface area (Å²) in [7, 11) is 0. The van der Waals surface area contributed by atoms with Gasteiger partial charge in [0.25, 0.3) is 5.22 Å². The van der Waals surface area contributed by atoms with E-state index in [4.69, 9.17) is 4.42 Å². The predicted octanol–water partition coefficient (Wildman–Crippen LogP) is 4.26. The van der Waals surface area contributed by atoms with E-state index in [1.165, 1.54) is 31.0 Å². The summed E-state index contributed by atoms with van der Waals surface area (Å²) in [6.45, 7) is 3.32. The fraction of sp³-hybridized carbons (Fsp3) is 0.526. The van der Waals surface area contributed by atoms with Crippen LogP contribution in [-0.4, -0.2) is 33.3 Å². The van der Waals surface area contributed by atoms with Crippen LogP contribution in [0, 0.1) is 0 Å². The standard InChI is InChI=1S/C19H25N3O2S/c1-2-22(13-15-9-5-3-6-10-15)17(23)14-25-19-21-20-18(24-19)16-11-7-4-8-12-16/h3,5-6,9-10,16H,2,4,7-8,11-14H2,1H3. The average molecular weight is 359 g/mol. The second kappa shape index (κ2) is 9.04. The van der Waals surface area contributed by atoms with Gasteiger partial charge in [0.15, 0.2) is 0 Å². The Morgan fingerprint density at radius 1 is 1.20 bits per heavy atom. The fourth-order valence-electron chi connectivity index (χ4n) is 3.19. The number of amides is 1. The van der Waals surface area contributed by atoms with Crippen LogP contribution < -0.4 is 0 Å². The van der Waals surface area contributed by atoms with Crippen molar-refractivity contribution < 1.29 is 9.21 Å². The second-order valence-corrected chi connectivity index (χ2v) is 7.35. The second-order valence-electron chi connectivity index (χ2n) is 6.42. The highest BCUT2D eigenvalue weighted by molar-refractivity contribution is 7.99. The lowest BCUT2D eigenvalue weighted by atomic mass is 9.89. The van der Waals surface area contributed by atoms with Gasteiger partial charge in [-0.25, -0.2) is 0 Å². The number of benzene rings is 1. The highest BCUT2D eigenvalue weighted by atomic mass is 32.2. The number of carbonyl (C=O) groups is 1. The Kier molecular flexibility index (Phi) is 6.50. The van der Waals surface area contributed by atoms with Crippen LogP contribution in [0.25, 0.3) is 0 Å². The van der Waals surface area contributed by atoms with E-state index in [1.807, 2.05) is 42.2 Å². The zero-order valence-electron chi connectivity index (χ0n) is 14.7. The number of thioether (sulfide) groups is 1. The highest BCUT2D eigenvalue weighted by Gasteiger charge is 2.22.